The molecule has 4 heterocycles. The third-order valence-electron chi connectivity index (χ3n) is 6.19. The summed E-state index contributed by atoms with van der Waals surface area (Å²) in [6.45, 7) is 7.89. The van der Waals surface area contributed by atoms with Gasteiger partial charge in [0.05, 0.1) is 44.1 Å². The highest BCUT2D eigenvalue weighted by Gasteiger charge is 2.56. The van der Waals surface area contributed by atoms with Crippen molar-refractivity contribution in [1.29, 1.82) is 0 Å². The minimum atomic E-state index is 0.0900. The number of fused-ring (bicyclic) bond motifs is 2. The number of piperazine rings is 1. The van der Waals surface area contributed by atoms with Crippen molar-refractivity contribution in [3.8, 4) is 0 Å². The molecule has 1 unspecified atom stereocenters. The summed E-state index contributed by atoms with van der Waals surface area (Å²) in [5.41, 5.74) is 0.874. The average molecular weight is 343 g/mol. The molecular formula is C19H25N3O3. The third-order valence-corrected chi connectivity index (χ3v) is 6.19. The smallest absolute Gasteiger partial charge is 0.253 e. The molecule has 4 aliphatic rings. The molecule has 1 amide bonds. The lowest BCUT2D eigenvalue weighted by atomic mass is 9.81. The molecule has 4 fully saturated rings. The second kappa shape index (κ2) is 6.06. The van der Waals surface area contributed by atoms with E-state index >= 15 is 0 Å². The van der Waals surface area contributed by atoms with Crippen molar-refractivity contribution in [3.05, 3.63) is 35.9 Å². The zero-order valence-corrected chi connectivity index (χ0v) is 14.5. The van der Waals surface area contributed by atoms with E-state index in [2.05, 4.69) is 14.7 Å². The first kappa shape index (κ1) is 15.8. The van der Waals surface area contributed by atoms with Gasteiger partial charge in [-0.3, -0.25) is 14.6 Å². The Kier molecular flexibility index (Phi) is 3.82. The number of likely N-dealkylation sites (tertiary alicyclic amines) is 1. The highest BCUT2D eigenvalue weighted by Crippen LogP contribution is 2.38. The first-order chi connectivity index (χ1) is 12.3. The molecule has 0 radical (unpaired) electrons. The van der Waals surface area contributed by atoms with Crippen molar-refractivity contribution in [2.24, 2.45) is 0 Å². The second-order valence-corrected chi connectivity index (χ2v) is 7.79. The molecule has 25 heavy (non-hydrogen) atoms. The van der Waals surface area contributed by atoms with Crippen LogP contribution in [0.15, 0.2) is 30.3 Å². The number of ether oxygens (including phenoxy) is 2. The van der Waals surface area contributed by atoms with Crippen LogP contribution in [0.1, 0.15) is 10.4 Å². The molecule has 0 saturated carbocycles. The number of hydrogen-bond donors (Lipinski definition) is 0. The minimum absolute atomic E-state index is 0.0900. The van der Waals surface area contributed by atoms with Crippen molar-refractivity contribution in [3.63, 3.8) is 0 Å². The Morgan fingerprint density at radius 3 is 2.48 bits per heavy atom. The fourth-order valence-electron chi connectivity index (χ4n) is 4.80. The summed E-state index contributed by atoms with van der Waals surface area (Å²) < 4.78 is 11.1. The maximum Gasteiger partial charge on any atom is 0.253 e. The van der Waals surface area contributed by atoms with Crippen LogP contribution >= 0.6 is 0 Å². The number of rotatable bonds is 2. The number of benzene rings is 1. The van der Waals surface area contributed by atoms with Crippen LogP contribution in [0.5, 0.6) is 0 Å². The number of carbonyl (C=O) groups excluding carboxylic acids is 1. The Morgan fingerprint density at radius 1 is 1.00 bits per heavy atom. The van der Waals surface area contributed by atoms with Gasteiger partial charge >= 0.3 is 0 Å². The highest BCUT2D eigenvalue weighted by atomic mass is 16.5. The number of nitrogens with zero attached hydrogens (tertiary/aromatic N) is 3. The van der Waals surface area contributed by atoms with Gasteiger partial charge in [0.1, 0.15) is 0 Å². The predicted molar refractivity (Wildman–Crippen MR) is 92.6 cm³/mol. The van der Waals surface area contributed by atoms with Crippen LogP contribution in [0.3, 0.4) is 0 Å². The minimum Gasteiger partial charge on any atom is -0.378 e. The van der Waals surface area contributed by atoms with E-state index in [-0.39, 0.29) is 11.4 Å². The molecule has 4 saturated heterocycles. The Hall–Kier alpha value is -1.47. The molecule has 0 bridgehead atoms. The summed E-state index contributed by atoms with van der Waals surface area (Å²) in [6.07, 6.45) is 0. The van der Waals surface area contributed by atoms with E-state index in [9.17, 15) is 4.79 Å². The Labute approximate surface area is 148 Å². The van der Waals surface area contributed by atoms with Crippen LogP contribution in [0.4, 0.5) is 0 Å². The van der Waals surface area contributed by atoms with Gasteiger partial charge in [-0.25, -0.2) is 0 Å². The van der Waals surface area contributed by atoms with Crippen LogP contribution in [0.25, 0.3) is 0 Å². The quantitative estimate of drug-likeness (QED) is 0.773. The molecular weight excluding hydrogens is 318 g/mol. The maximum absolute atomic E-state index is 13.0. The van der Waals surface area contributed by atoms with Gasteiger partial charge < -0.3 is 14.4 Å². The molecule has 1 aromatic carbocycles. The van der Waals surface area contributed by atoms with Gasteiger partial charge in [-0.05, 0) is 12.1 Å². The molecule has 1 spiro atoms. The van der Waals surface area contributed by atoms with Crippen molar-refractivity contribution >= 4 is 5.91 Å². The maximum atomic E-state index is 13.0. The zero-order chi connectivity index (χ0) is 16.9. The lowest BCUT2D eigenvalue weighted by Gasteiger charge is -2.65. The van der Waals surface area contributed by atoms with E-state index in [0.717, 1.165) is 64.7 Å². The van der Waals surface area contributed by atoms with Crippen LogP contribution in [-0.4, -0.2) is 97.4 Å². The van der Waals surface area contributed by atoms with Gasteiger partial charge in [0.2, 0.25) is 0 Å². The summed E-state index contributed by atoms with van der Waals surface area (Å²) in [6, 6.07) is 10.5. The first-order valence-corrected chi connectivity index (χ1v) is 9.26. The molecule has 134 valence electrons. The number of carbonyl (C=O) groups is 1. The summed E-state index contributed by atoms with van der Waals surface area (Å²) in [5, 5.41) is 0. The van der Waals surface area contributed by atoms with Gasteiger partial charge in [0.15, 0.2) is 0 Å². The van der Waals surface area contributed by atoms with Crippen molar-refractivity contribution in [2.75, 3.05) is 59.2 Å². The molecule has 0 aromatic heterocycles. The summed E-state index contributed by atoms with van der Waals surface area (Å²) >= 11 is 0. The molecule has 6 nitrogen and oxygen atoms in total. The van der Waals surface area contributed by atoms with Gasteiger partial charge in [-0.15, -0.1) is 0 Å². The van der Waals surface area contributed by atoms with E-state index in [4.69, 9.17) is 9.47 Å². The van der Waals surface area contributed by atoms with E-state index < -0.39 is 0 Å². The lowest BCUT2D eigenvalue weighted by molar-refractivity contribution is -0.191. The van der Waals surface area contributed by atoms with Crippen LogP contribution < -0.4 is 0 Å². The lowest BCUT2D eigenvalue weighted by Crippen LogP contribution is -2.82. The van der Waals surface area contributed by atoms with Gasteiger partial charge in [0.25, 0.3) is 5.91 Å². The van der Waals surface area contributed by atoms with Gasteiger partial charge in [-0.1, -0.05) is 18.2 Å². The fraction of sp³-hybridized carbons (Fsp3) is 0.632. The van der Waals surface area contributed by atoms with Crippen molar-refractivity contribution in [1.82, 2.24) is 14.7 Å². The monoisotopic (exact) mass is 343 g/mol. The van der Waals surface area contributed by atoms with Crippen molar-refractivity contribution < 1.29 is 14.3 Å². The van der Waals surface area contributed by atoms with E-state index in [1.54, 1.807) is 0 Å². The molecule has 6 heteroatoms. The van der Waals surface area contributed by atoms with Crippen LogP contribution in [0, 0.1) is 0 Å². The molecule has 0 aliphatic carbocycles. The second-order valence-electron chi connectivity index (χ2n) is 7.79. The average Bonchev–Trinajstić information content (AvgIpc) is 2.59. The molecule has 0 N–H and O–H groups in total. The largest absolute Gasteiger partial charge is 0.378 e. The zero-order valence-electron chi connectivity index (χ0n) is 14.5. The van der Waals surface area contributed by atoms with Crippen LogP contribution in [0.2, 0.25) is 0 Å². The fourth-order valence-corrected chi connectivity index (χ4v) is 4.80. The van der Waals surface area contributed by atoms with E-state index in [1.807, 2.05) is 30.3 Å². The Balaban J connectivity index is 1.37. The Bertz CT molecular complexity index is 643. The summed E-state index contributed by atoms with van der Waals surface area (Å²) in [5.74, 6) is 0.149. The molecule has 4 aliphatic heterocycles. The van der Waals surface area contributed by atoms with E-state index in [1.165, 1.54) is 0 Å². The third kappa shape index (κ3) is 2.59. The number of morpholine rings is 1. The molecule has 1 aromatic rings. The highest BCUT2D eigenvalue weighted by molar-refractivity contribution is 5.94. The van der Waals surface area contributed by atoms with E-state index in [0.29, 0.717) is 12.1 Å². The predicted octanol–water partition coefficient (Wildman–Crippen LogP) is 0.296. The normalized spacial score (nSPS) is 29.8. The van der Waals surface area contributed by atoms with Crippen LogP contribution in [-0.2, 0) is 9.47 Å². The SMILES string of the molecule is O=C(c1ccccc1)N1CC2COCCN2C2(C1)CN(C1COC1)C2. The number of hydrogen-bond acceptors (Lipinski definition) is 5. The molecule has 5 rings (SSSR count). The summed E-state index contributed by atoms with van der Waals surface area (Å²) in [7, 11) is 0. The van der Waals surface area contributed by atoms with Crippen molar-refractivity contribution in [2.45, 2.75) is 17.6 Å². The first-order valence-electron chi connectivity index (χ1n) is 9.26. The molecule has 1 atom stereocenters. The topological polar surface area (TPSA) is 45.2 Å². The standard InChI is InChI=1S/C19H25N3O3/c23-18(15-4-2-1-3-5-15)20-8-16-9-24-7-6-22(16)19(12-20)13-21(14-19)17-10-25-11-17/h1-5,16-17H,6-14H2. The Morgan fingerprint density at radius 2 is 1.76 bits per heavy atom. The van der Waals surface area contributed by atoms with Gasteiger partial charge in [0, 0.05) is 38.3 Å². The van der Waals surface area contributed by atoms with Gasteiger partial charge in [-0.2, -0.15) is 0 Å². The summed E-state index contributed by atoms with van der Waals surface area (Å²) in [4.78, 5) is 20.2. The number of amides is 1.